The molecule has 0 aliphatic heterocycles. The fourth-order valence-electron chi connectivity index (χ4n) is 2.39. The summed E-state index contributed by atoms with van der Waals surface area (Å²) in [4.78, 5) is 4.33. The van der Waals surface area contributed by atoms with Crippen LogP contribution in [0.3, 0.4) is 0 Å². The van der Waals surface area contributed by atoms with Crippen LogP contribution in [0.2, 0.25) is 5.02 Å². The van der Waals surface area contributed by atoms with Crippen molar-refractivity contribution in [3.8, 4) is 0 Å². The van der Waals surface area contributed by atoms with Crippen LogP contribution in [-0.2, 0) is 13.5 Å². The fraction of sp³-hybridized carbons (Fsp3) is 0.438. The maximum absolute atomic E-state index is 13.7. The third kappa shape index (κ3) is 4.05. The summed E-state index contributed by atoms with van der Waals surface area (Å²) in [6, 6.07) is 5.01. The highest BCUT2D eigenvalue weighted by Gasteiger charge is 2.17. The zero-order valence-electron chi connectivity index (χ0n) is 12.4. The standard InChI is InChI=1S/C16H21ClFN3/c1-3-9-19-14(7-8-15-20-10-11-21(15)2)12-5-4-6-13(18)16(12)17/h4-6,10-11,14,19H,3,7-9H2,1-2H3. The molecule has 0 amide bonds. The number of rotatable bonds is 7. The average Bonchev–Trinajstić information content (AvgIpc) is 2.88. The molecular weight excluding hydrogens is 289 g/mol. The predicted octanol–water partition coefficient (Wildman–Crippen LogP) is 3.89. The van der Waals surface area contributed by atoms with Gasteiger partial charge in [-0.2, -0.15) is 0 Å². The summed E-state index contributed by atoms with van der Waals surface area (Å²) >= 11 is 6.12. The Bertz CT molecular complexity index is 583. The van der Waals surface area contributed by atoms with Crippen molar-refractivity contribution in [2.75, 3.05) is 6.54 Å². The Kier molecular flexibility index (Phi) is 5.76. The highest BCUT2D eigenvalue weighted by Crippen LogP contribution is 2.28. The van der Waals surface area contributed by atoms with Gasteiger partial charge in [-0.3, -0.25) is 0 Å². The summed E-state index contributed by atoms with van der Waals surface area (Å²) in [5.74, 6) is 0.653. The van der Waals surface area contributed by atoms with Gasteiger partial charge < -0.3 is 9.88 Å². The van der Waals surface area contributed by atoms with E-state index in [4.69, 9.17) is 11.6 Å². The summed E-state index contributed by atoms with van der Waals surface area (Å²) in [6.45, 7) is 2.98. The minimum Gasteiger partial charge on any atom is -0.338 e. The molecule has 0 saturated heterocycles. The van der Waals surface area contributed by atoms with Gasteiger partial charge >= 0.3 is 0 Å². The molecule has 3 nitrogen and oxygen atoms in total. The van der Waals surface area contributed by atoms with E-state index in [1.807, 2.05) is 23.9 Å². The largest absolute Gasteiger partial charge is 0.338 e. The molecule has 2 aromatic rings. The molecule has 1 atom stereocenters. The third-order valence-corrected chi connectivity index (χ3v) is 3.97. The normalized spacial score (nSPS) is 12.6. The first-order valence-corrected chi connectivity index (χ1v) is 7.64. The van der Waals surface area contributed by atoms with E-state index >= 15 is 0 Å². The average molecular weight is 310 g/mol. The molecule has 1 aromatic heterocycles. The van der Waals surface area contributed by atoms with E-state index < -0.39 is 0 Å². The number of aryl methyl sites for hydroxylation is 2. The van der Waals surface area contributed by atoms with Crippen molar-refractivity contribution in [1.29, 1.82) is 0 Å². The minimum atomic E-state index is -0.366. The number of benzene rings is 1. The van der Waals surface area contributed by atoms with Gasteiger partial charge in [0.05, 0.1) is 5.02 Å². The van der Waals surface area contributed by atoms with E-state index in [9.17, 15) is 4.39 Å². The van der Waals surface area contributed by atoms with Crippen LogP contribution in [-0.4, -0.2) is 16.1 Å². The first-order valence-electron chi connectivity index (χ1n) is 7.27. The van der Waals surface area contributed by atoms with Crippen molar-refractivity contribution in [3.05, 3.63) is 52.8 Å². The molecule has 0 fully saturated rings. The summed E-state index contributed by atoms with van der Waals surface area (Å²) in [5, 5.41) is 3.66. The van der Waals surface area contributed by atoms with Crippen LogP contribution in [0, 0.1) is 5.82 Å². The second kappa shape index (κ2) is 7.57. The van der Waals surface area contributed by atoms with Gasteiger partial charge in [-0.15, -0.1) is 0 Å². The lowest BCUT2D eigenvalue weighted by Gasteiger charge is -2.20. The summed E-state index contributed by atoms with van der Waals surface area (Å²) in [5.41, 5.74) is 0.819. The lowest BCUT2D eigenvalue weighted by Crippen LogP contribution is -2.23. The van der Waals surface area contributed by atoms with Crippen LogP contribution < -0.4 is 5.32 Å². The smallest absolute Gasteiger partial charge is 0.142 e. The molecule has 21 heavy (non-hydrogen) atoms. The van der Waals surface area contributed by atoms with Crippen LogP contribution in [0.4, 0.5) is 4.39 Å². The molecule has 5 heteroatoms. The van der Waals surface area contributed by atoms with E-state index in [1.165, 1.54) is 6.07 Å². The topological polar surface area (TPSA) is 29.9 Å². The molecule has 0 aliphatic carbocycles. The SMILES string of the molecule is CCCNC(CCc1nccn1C)c1cccc(F)c1Cl. The van der Waals surface area contributed by atoms with Crippen LogP contribution in [0.25, 0.3) is 0 Å². The van der Waals surface area contributed by atoms with E-state index in [-0.39, 0.29) is 16.9 Å². The molecule has 1 heterocycles. The molecule has 2 rings (SSSR count). The molecule has 1 unspecified atom stereocenters. The maximum Gasteiger partial charge on any atom is 0.142 e. The van der Waals surface area contributed by atoms with Crippen molar-refractivity contribution in [3.63, 3.8) is 0 Å². The molecule has 0 aliphatic rings. The first-order chi connectivity index (χ1) is 10.1. The Morgan fingerprint density at radius 3 is 2.90 bits per heavy atom. The molecule has 0 radical (unpaired) electrons. The van der Waals surface area contributed by atoms with E-state index in [0.717, 1.165) is 37.2 Å². The van der Waals surface area contributed by atoms with Crippen molar-refractivity contribution in [1.82, 2.24) is 14.9 Å². The number of hydrogen-bond donors (Lipinski definition) is 1. The summed E-state index contributed by atoms with van der Waals surface area (Å²) in [7, 11) is 1.98. The second-order valence-electron chi connectivity index (χ2n) is 5.14. The van der Waals surface area contributed by atoms with Gasteiger partial charge in [-0.1, -0.05) is 30.7 Å². The number of hydrogen-bond acceptors (Lipinski definition) is 2. The predicted molar refractivity (Wildman–Crippen MR) is 84.0 cm³/mol. The number of nitrogens with one attached hydrogen (secondary N) is 1. The Labute approximate surface area is 130 Å². The molecule has 1 N–H and O–H groups in total. The van der Waals surface area contributed by atoms with Gasteiger partial charge in [0.1, 0.15) is 11.6 Å². The molecule has 0 spiro atoms. The Balaban J connectivity index is 2.14. The molecule has 0 bridgehead atoms. The van der Waals surface area contributed by atoms with E-state index in [0.29, 0.717) is 0 Å². The highest BCUT2D eigenvalue weighted by molar-refractivity contribution is 6.31. The van der Waals surface area contributed by atoms with Crippen molar-refractivity contribution in [2.45, 2.75) is 32.2 Å². The van der Waals surface area contributed by atoms with Crippen molar-refractivity contribution >= 4 is 11.6 Å². The quantitative estimate of drug-likeness (QED) is 0.841. The molecule has 1 aromatic carbocycles. The Morgan fingerprint density at radius 1 is 1.43 bits per heavy atom. The van der Waals surface area contributed by atoms with Crippen LogP contribution in [0.1, 0.15) is 37.2 Å². The Hall–Kier alpha value is -1.39. The first kappa shape index (κ1) is 16.0. The van der Waals surface area contributed by atoms with Gasteiger partial charge in [0, 0.05) is 31.9 Å². The second-order valence-corrected chi connectivity index (χ2v) is 5.52. The van der Waals surface area contributed by atoms with Gasteiger partial charge in [0.2, 0.25) is 0 Å². The zero-order valence-corrected chi connectivity index (χ0v) is 13.2. The summed E-state index contributed by atoms with van der Waals surface area (Å²) in [6.07, 6.45) is 6.38. The van der Waals surface area contributed by atoms with Gasteiger partial charge in [-0.25, -0.2) is 9.37 Å². The zero-order chi connectivity index (χ0) is 15.2. The van der Waals surface area contributed by atoms with Crippen LogP contribution in [0.5, 0.6) is 0 Å². The molecular formula is C16H21ClFN3. The van der Waals surface area contributed by atoms with Gasteiger partial charge in [-0.05, 0) is 31.0 Å². The number of nitrogens with zero attached hydrogens (tertiary/aromatic N) is 2. The van der Waals surface area contributed by atoms with Crippen LogP contribution in [0.15, 0.2) is 30.6 Å². The number of aromatic nitrogens is 2. The lowest BCUT2D eigenvalue weighted by molar-refractivity contribution is 0.488. The van der Waals surface area contributed by atoms with Crippen molar-refractivity contribution < 1.29 is 4.39 Å². The van der Waals surface area contributed by atoms with Gasteiger partial charge in [0.15, 0.2) is 0 Å². The van der Waals surface area contributed by atoms with E-state index in [1.54, 1.807) is 12.3 Å². The molecule has 0 saturated carbocycles. The van der Waals surface area contributed by atoms with E-state index in [2.05, 4.69) is 17.2 Å². The fourth-order valence-corrected chi connectivity index (χ4v) is 2.64. The monoisotopic (exact) mass is 309 g/mol. The number of imidazole rings is 1. The Morgan fingerprint density at radius 2 is 2.24 bits per heavy atom. The van der Waals surface area contributed by atoms with Crippen molar-refractivity contribution in [2.24, 2.45) is 7.05 Å². The number of halogens is 2. The highest BCUT2D eigenvalue weighted by atomic mass is 35.5. The summed E-state index contributed by atoms with van der Waals surface area (Å²) < 4.78 is 15.7. The minimum absolute atomic E-state index is 0.0323. The molecule has 114 valence electrons. The van der Waals surface area contributed by atoms with Gasteiger partial charge in [0.25, 0.3) is 0 Å². The third-order valence-electron chi connectivity index (χ3n) is 3.58. The van der Waals surface area contributed by atoms with Crippen LogP contribution >= 0.6 is 11.6 Å². The lowest BCUT2D eigenvalue weighted by atomic mass is 10.0. The maximum atomic E-state index is 13.7.